The molecular formula is C20H23IN2O5. The van der Waals surface area contributed by atoms with Crippen molar-refractivity contribution in [3.05, 3.63) is 51.1 Å². The number of para-hydroxylation sites is 1. The summed E-state index contributed by atoms with van der Waals surface area (Å²) < 4.78 is 21.9. The largest absolute Gasteiger partial charge is 0.496 e. The Labute approximate surface area is 178 Å². The van der Waals surface area contributed by atoms with E-state index in [-0.39, 0.29) is 6.61 Å². The molecule has 0 spiro atoms. The number of nitrogens with zero attached hydrogens (tertiary/aromatic N) is 1. The predicted octanol–water partition coefficient (Wildman–Crippen LogP) is 3.37. The number of esters is 1. The minimum atomic E-state index is -0.454. The van der Waals surface area contributed by atoms with E-state index >= 15 is 0 Å². The van der Waals surface area contributed by atoms with Gasteiger partial charge in [0, 0.05) is 5.56 Å². The van der Waals surface area contributed by atoms with Crippen LogP contribution in [-0.4, -0.2) is 39.6 Å². The second-order valence-corrected chi connectivity index (χ2v) is 6.69. The number of rotatable bonds is 10. The van der Waals surface area contributed by atoms with Crippen LogP contribution in [0.2, 0.25) is 0 Å². The van der Waals surface area contributed by atoms with E-state index in [1.807, 2.05) is 43.3 Å². The molecule has 0 aliphatic carbocycles. The number of ether oxygens (including phenoxy) is 4. The maximum Gasteiger partial charge on any atom is 0.343 e. The molecule has 0 aliphatic rings. The molecule has 2 aromatic carbocycles. The highest BCUT2D eigenvalue weighted by atomic mass is 127. The molecule has 28 heavy (non-hydrogen) atoms. The number of hydrogen-bond acceptors (Lipinski definition) is 7. The number of carbonyl (C=O) groups excluding carboxylic acids is 1. The Morgan fingerprint density at radius 1 is 1.18 bits per heavy atom. The number of halogens is 1. The lowest BCUT2D eigenvalue weighted by atomic mass is 10.2. The zero-order chi connectivity index (χ0) is 20.4. The molecule has 2 aromatic rings. The summed E-state index contributed by atoms with van der Waals surface area (Å²) in [5.74, 6) is 1.41. The highest BCUT2D eigenvalue weighted by molar-refractivity contribution is 14.1. The Bertz CT molecular complexity index is 826. The first-order chi connectivity index (χ1) is 13.6. The smallest absolute Gasteiger partial charge is 0.343 e. The molecule has 2 rings (SSSR count). The van der Waals surface area contributed by atoms with Crippen molar-refractivity contribution in [1.29, 1.82) is 0 Å². The first kappa shape index (κ1) is 21.8. The molecule has 1 N–H and O–H groups in total. The van der Waals surface area contributed by atoms with Gasteiger partial charge in [-0.2, -0.15) is 5.10 Å². The summed E-state index contributed by atoms with van der Waals surface area (Å²) >= 11 is 2.13. The van der Waals surface area contributed by atoms with Crippen LogP contribution >= 0.6 is 22.6 Å². The predicted molar refractivity (Wildman–Crippen MR) is 115 cm³/mol. The van der Waals surface area contributed by atoms with Crippen molar-refractivity contribution in [2.75, 3.05) is 27.4 Å². The molecular weight excluding hydrogens is 475 g/mol. The molecule has 0 atom stereocenters. The van der Waals surface area contributed by atoms with Crippen molar-refractivity contribution in [3.8, 4) is 17.2 Å². The Balaban J connectivity index is 2.08. The number of hydrogen-bond donors (Lipinski definition) is 1. The van der Waals surface area contributed by atoms with E-state index in [4.69, 9.17) is 14.2 Å². The summed E-state index contributed by atoms with van der Waals surface area (Å²) in [5.41, 5.74) is 4.86. The molecule has 150 valence electrons. The van der Waals surface area contributed by atoms with Crippen LogP contribution in [0, 0.1) is 3.57 Å². The number of benzene rings is 2. The highest BCUT2D eigenvalue weighted by Gasteiger charge is 2.13. The van der Waals surface area contributed by atoms with E-state index in [9.17, 15) is 4.79 Å². The van der Waals surface area contributed by atoms with Gasteiger partial charge in [-0.1, -0.05) is 18.2 Å². The Morgan fingerprint density at radius 2 is 1.96 bits per heavy atom. The molecule has 0 fully saturated rings. The minimum absolute atomic E-state index is 0.180. The van der Waals surface area contributed by atoms with E-state index in [0.29, 0.717) is 24.7 Å². The maximum atomic E-state index is 11.3. The molecule has 0 bridgehead atoms. The van der Waals surface area contributed by atoms with Crippen LogP contribution in [0.25, 0.3) is 0 Å². The highest BCUT2D eigenvalue weighted by Crippen LogP contribution is 2.34. The quantitative estimate of drug-likeness (QED) is 0.234. The van der Waals surface area contributed by atoms with Crippen LogP contribution in [0.4, 0.5) is 0 Å². The summed E-state index contributed by atoms with van der Waals surface area (Å²) in [6.07, 6.45) is 1.70. The lowest BCUT2D eigenvalue weighted by molar-refractivity contribution is -0.142. The van der Waals surface area contributed by atoms with Crippen LogP contribution in [0.15, 0.2) is 41.5 Å². The summed E-state index contributed by atoms with van der Waals surface area (Å²) in [4.78, 5) is 11.3. The molecule has 0 saturated carbocycles. The van der Waals surface area contributed by atoms with Gasteiger partial charge >= 0.3 is 5.97 Å². The lowest BCUT2D eigenvalue weighted by Crippen LogP contribution is -2.14. The fourth-order valence-corrected chi connectivity index (χ4v) is 3.14. The van der Waals surface area contributed by atoms with E-state index in [0.717, 1.165) is 20.4 Å². The average Bonchev–Trinajstić information content (AvgIpc) is 2.70. The second kappa shape index (κ2) is 11.4. The second-order valence-electron chi connectivity index (χ2n) is 5.53. The van der Waals surface area contributed by atoms with E-state index in [1.54, 1.807) is 13.3 Å². The number of hydrazone groups is 1. The molecule has 0 saturated heterocycles. The van der Waals surface area contributed by atoms with Crippen molar-refractivity contribution >= 4 is 34.8 Å². The van der Waals surface area contributed by atoms with Crippen molar-refractivity contribution in [3.63, 3.8) is 0 Å². The van der Waals surface area contributed by atoms with Crippen LogP contribution in [0.5, 0.6) is 17.2 Å². The lowest BCUT2D eigenvalue weighted by Gasteiger charge is -2.14. The number of methoxy groups -OCH3 is 2. The van der Waals surface area contributed by atoms with Gasteiger partial charge in [-0.3, -0.25) is 0 Å². The fourth-order valence-electron chi connectivity index (χ4n) is 2.36. The Kier molecular flexibility index (Phi) is 8.86. The van der Waals surface area contributed by atoms with Gasteiger partial charge in [-0.15, -0.1) is 0 Å². The third-order valence-electron chi connectivity index (χ3n) is 3.66. The molecule has 0 aliphatic heterocycles. The molecule has 0 radical (unpaired) electrons. The molecule has 0 aromatic heterocycles. The molecule has 8 heteroatoms. The van der Waals surface area contributed by atoms with Crippen molar-refractivity contribution in [2.45, 2.75) is 13.5 Å². The zero-order valence-electron chi connectivity index (χ0n) is 16.0. The van der Waals surface area contributed by atoms with Crippen LogP contribution in [0.3, 0.4) is 0 Å². The fraction of sp³-hybridized carbons (Fsp3) is 0.300. The van der Waals surface area contributed by atoms with Gasteiger partial charge in [0.2, 0.25) is 0 Å². The monoisotopic (exact) mass is 498 g/mol. The summed E-state index contributed by atoms with van der Waals surface area (Å²) in [5, 5.41) is 4.27. The maximum absolute atomic E-state index is 11.3. The summed E-state index contributed by atoms with van der Waals surface area (Å²) in [6.45, 7) is 2.71. The van der Waals surface area contributed by atoms with E-state index in [1.165, 1.54) is 7.11 Å². The minimum Gasteiger partial charge on any atom is -0.496 e. The molecule has 7 nitrogen and oxygen atoms in total. The van der Waals surface area contributed by atoms with Gasteiger partial charge in [-0.25, -0.2) is 4.79 Å². The van der Waals surface area contributed by atoms with E-state index < -0.39 is 5.97 Å². The summed E-state index contributed by atoms with van der Waals surface area (Å²) in [7, 11) is 2.96. The molecule has 0 amide bonds. The van der Waals surface area contributed by atoms with Crippen LogP contribution in [-0.2, 0) is 16.1 Å². The average molecular weight is 498 g/mol. The van der Waals surface area contributed by atoms with Gasteiger partial charge in [-0.05, 0) is 53.3 Å². The Morgan fingerprint density at radius 3 is 2.68 bits per heavy atom. The normalized spacial score (nSPS) is 10.6. The number of carbonyl (C=O) groups is 1. The third-order valence-corrected chi connectivity index (χ3v) is 4.46. The molecule has 0 unspecified atom stereocenters. The van der Waals surface area contributed by atoms with Gasteiger partial charge < -0.3 is 24.4 Å². The Hall–Kier alpha value is -2.49. The van der Waals surface area contributed by atoms with Crippen LogP contribution in [0.1, 0.15) is 18.1 Å². The van der Waals surface area contributed by atoms with Gasteiger partial charge in [0.1, 0.15) is 5.75 Å². The van der Waals surface area contributed by atoms with Gasteiger partial charge in [0.15, 0.2) is 18.1 Å². The van der Waals surface area contributed by atoms with E-state index in [2.05, 4.69) is 37.9 Å². The standard InChI is InChI=1S/C20H23IN2O5/c1-4-27-18-10-14(9-16(21)20(18)28-13-19(24)26-3)11-22-23-12-15-7-5-6-8-17(15)25-2/h5-11,23H,4,12-13H2,1-3H3/b22-11+. The van der Waals surface area contributed by atoms with Crippen LogP contribution < -0.4 is 19.6 Å². The first-order valence-electron chi connectivity index (χ1n) is 8.62. The topological polar surface area (TPSA) is 78.4 Å². The summed E-state index contributed by atoms with van der Waals surface area (Å²) in [6, 6.07) is 11.5. The first-order valence-corrected chi connectivity index (χ1v) is 9.70. The molecule has 0 heterocycles. The number of nitrogens with one attached hydrogen (secondary N) is 1. The van der Waals surface area contributed by atoms with Crippen molar-refractivity contribution in [1.82, 2.24) is 5.43 Å². The zero-order valence-corrected chi connectivity index (χ0v) is 18.2. The van der Waals surface area contributed by atoms with Gasteiger partial charge in [0.25, 0.3) is 0 Å². The SMILES string of the molecule is CCOc1cc(/C=N/NCc2ccccc2OC)cc(I)c1OCC(=O)OC. The third kappa shape index (κ3) is 6.29. The van der Waals surface area contributed by atoms with Crippen molar-refractivity contribution in [2.24, 2.45) is 5.10 Å². The van der Waals surface area contributed by atoms with Crippen molar-refractivity contribution < 1.29 is 23.7 Å². The van der Waals surface area contributed by atoms with Gasteiger partial charge in [0.05, 0.1) is 37.2 Å².